The number of methoxy groups -OCH3 is 2. The Morgan fingerprint density at radius 2 is 1.76 bits per heavy atom. The van der Waals surface area contributed by atoms with E-state index in [-0.39, 0.29) is 0 Å². The average Bonchev–Trinajstić information content (AvgIpc) is 3.20. The number of rotatable bonds is 8. The zero-order valence-corrected chi connectivity index (χ0v) is 22.2. The molecule has 0 spiro atoms. The smallest absolute Gasteiger partial charge is 0.168 e. The first-order valence-corrected chi connectivity index (χ1v) is 13.0. The van der Waals surface area contributed by atoms with E-state index in [0.717, 1.165) is 91.0 Å². The van der Waals surface area contributed by atoms with Gasteiger partial charge in [0.1, 0.15) is 23.1 Å². The summed E-state index contributed by atoms with van der Waals surface area (Å²) in [4.78, 5) is 14.9. The molecule has 0 atom stereocenters. The minimum Gasteiger partial charge on any atom is -0.497 e. The Balaban J connectivity index is 1.43. The summed E-state index contributed by atoms with van der Waals surface area (Å²) in [6.07, 6.45) is 3.79. The van der Waals surface area contributed by atoms with Crippen molar-refractivity contribution in [3.8, 4) is 17.2 Å². The molecule has 1 fully saturated rings. The highest BCUT2D eigenvalue weighted by atomic mass is 16.5. The van der Waals surface area contributed by atoms with Crippen LogP contribution in [-0.4, -0.2) is 65.0 Å². The standard InChI is InChI=1S/C29H36N6O2/c1-21(2)17-27-31-28(25-19-30-35(29(25)32-27)23-9-6-5-7-10-23)34-14-8-13-33(15-16-34)20-22-18-24(36-3)11-12-26(22)37-4/h5-7,9-12,18-19,21H,8,13-17,20H2,1-4H3. The molecule has 0 saturated carbocycles. The first-order valence-electron chi connectivity index (χ1n) is 13.0. The van der Waals surface area contributed by atoms with Gasteiger partial charge in [0.2, 0.25) is 0 Å². The molecule has 4 aromatic rings. The maximum Gasteiger partial charge on any atom is 0.168 e. The molecule has 2 aromatic carbocycles. The van der Waals surface area contributed by atoms with E-state index in [4.69, 9.17) is 24.5 Å². The molecule has 0 unspecified atom stereocenters. The van der Waals surface area contributed by atoms with Crippen LogP contribution in [0.2, 0.25) is 0 Å². The van der Waals surface area contributed by atoms with E-state index in [1.54, 1.807) is 14.2 Å². The molecule has 194 valence electrons. The Hall–Kier alpha value is -3.65. The van der Waals surface area contributed by atoms with Crippen molar-refractivity contribution in [2.75, 3.05) is 45.3 Å². The van der Waals surface area contributed by atoms with Gasteiger partial charge in [-0.25, -0.2) is 14.6 Å². The normalized spacial score (nSPS) is 14.8. The second kappa shape index (κ2) is 11.2. The molecule has 8 nitrogen and oxygen atoms in total. The quantitative estimate of drug-likeness (QED) is 0.346. The number of anilines is 1. The van der Waals surface area contributed by atoms with E-state index >= 15 is 0 Å². The number of para-hydroxylation sites is 1. The van der Waals surface area contributed by atoms with Gasteiger partial charge in [0, 0.05) is 44.7 Å². The summed E-state index contributed by atoms with van der Waals surface area (Å²) in [7, 11) is 3.42. The van der Waals surface area contributed by atoms with Crippen molar-refractivity contribution in [3.63, 3.8) is 0 Å². The second-order valence-corrected chi connectivity index (χ2v) is 9.99. The van der Waals surface area contributed by atoms with Crippen LogP contribution in [-0.2, 0) is 13.0 Å². The number of hydrogen-bond donors (Lipinski definition) is 0. The SMILES string of the molecule is COc1ccc(OC)c(CN2CCCN(c3nc(CC(C)C)nc4c3cnn4-c3ccccc3)CC2)c1. The van der Waals surface area contributed by atoms with Gasteiger partial charge in [-0.15, -0.1) is 0 Å². The summed E-state index contributed by atoms with van der Waals surface area (Å²) in [6.45, 7) is 8.99. The van der Waals surface area contributed by atoms with Crippen molar-refractivity contribution in [3.05, 3.63) is 66.1 Å². The van der Waals surface area contributed by atoms with Crippen molar-refractivity contribution in [1.82, 2.24) is 24.6 Å². The lowest BCUT2D eigenvalue weighted by atomic mass is 10.1. The molecule has 2 aromatic heterocycles. The third kappa shape index (κ3) is 5.54. The zero-order valence-electron chi connectivity index (χ0n) is 22.2. The molecule has 0 bridgehead atoms. The van der Waals surface area contributed by atoms with Crippen molar-refractivity contribution >= 4 is 16.9 Å². The lowest BCUT2D eigenvalue weighted by Crippen LogP contribution is -2.31. The first kappa shape index (κ1) is 25.0. The van der Waals surface area contributed by atoms with Gasteiger partial charge in [0.05, 0.1) is 31.5 Å². The Bertz CT molecular complexity index is 1340. The summed E-state index contributed by atoms with van der Waals surface area (Å²) in [5.41, 5.74) is 3.02. The van der Waals surface area contributed by atoms with E-state index < -0.39 is 0 Å². The minimum atomic E-state index is 0.468. The molecule has 37 heavy (non-hydrogen) atoms. The monoisotopic (exact) mass is 500 g/mol. The van der Waals surface area contributed by atoms with Gasteiger partial charge in [-0.1, -0.05) is 32.0 Å². The lowest BCUT2D eigenvalue weighted by molar-refractivity contribution is 0.279. The van der Waals surface area contributed by atoms with Gasteiger partial charge in [-0.3, -0.25) is 4.90 Å². The van der Waals surface area contributed by atoms with Crippen LogP contribution in [0.3, 0.4) is 0 Å². The van der Waals surface area contributed by atoms with E-state index in [1.165, 1.54) is 0 Å². The van der Waals surface area contributed by atoms with Crippen LogP contribution in [0.1, 0.15) is 31.7 Å². The Labute approximate surface area is 218 Å². The Morgan fingerprint density at radius 3 is 2.51 bits per heavy atom. The van der Waals surface area contributed by atoms with E-state index in [1.807, 2.05) is 41.2 Å². The number of fused-ring (bicyclic) bond motifs is 1. The fraction of sp³-hybridized carbons (Fsp3) is 0.414. The molecular formula is C29H36N6O2. The molecule has 1 saturated heterocycles. The number of ether oxygens (including phenoxy) is 2. The zero-order chi connectivity index (χ0) is 25.8. The van der Waals surface area contributed by atoms with Gasteiger partial charge >= 0.3 is 0 Å². The van der Waals surface area contributed by atoms with Crippen molar-refractivity contribution in [1.29, 1.82) is 0 Å². The predicted molar refractivity (Wildman–Crippen MR) is 147 cm³/mol. The molecule has 5 rings (SSSR count). The predicted octanol–water partition coefficient (Wildman–Crippen LogP) is 4.74. The number of nitrogens with zero attached hydrogens (tertiary/aromatic N) is 6. The van der Waals surface area contributed by atoms with E-state index in [9.17, 15) is 0 Å². The van der Waals surface area contributed by atoms with Crippen LogP contribution in [0.25, 0.3) is 16.7 Å². The fourth-order valence-electron chi connectivity index (χ4n) is 4.98. The third-order valence-corrected chi connectivity index (χ3v) is 6.82. The van der Waals surface area contributed by atoms with Gasteiger partial charge in [0.25, 0.3) is 0 Å². The summed E-state index contributed by atoms with van der Waals surface area (Å²) < 4.78 is 13.0. The van der Waals surface area contributed by atoms with Crippen LogP contribution in [0.4, 0.5) is 5.82 Å². The molecule has 3 heterocycles. The van der Waals surface area contributed by atoms with E-state index in [2.05, 4.69) is 41.8 Å². The van der Waals surface area contributed by atoms with Gasteiger partial charge in [0.15, 0.2) is 5.65 Å². The fourth-order valence-corrected chi connectivity index (χ4v) is 4.98. The summed E-state index contributed by atoms with van der Waals surface area (Å²) >= 11 is 0. The molecular weight excluding hydrogens is 464 g/mol. The van der Waals surface area contributed by atoms with E-state index in [0.29, 0.717) is 5.92 Å². The van der Waals surface area contributed by atoms with Crippen molar-refractivity contribution in [2.24, 2.45) is 5.92 Å². The first-order chi connectivity index (χ1) is 18.1. The Kier molecular flexibility index (Phi) is 7.55. The highest BCUT2D eigenvalue weighted by molar-refractivity contribution is 5.88. The van der Waals surface area contributed by atoms with Crippen LogP contribution in [0.15, 0.2) is 54.7 Å². The lowest BCUT2D eigenvalue weighted by Gasteiger charge is -2.24. The third-order valence-electron chi connectivity index (χ3n) is 6.82. The molecule has 8 heteroatoms. The second-order valence-electron chi connectivity index (χ2n) is 9.99. The summed E-state index contributed by atoms with van der Waals surface area (Å²) in [5, 5.41) is 5.72. The van der Waals surface area contributed by atoms with Gasteiger partial charge in [-0.05, 0) is 42.7 Å². The number of hydrogen-bond acceptors (Lipinski definition) is 7. The highest BCUT2D eigenvalue weighted by Gasteiger charge is 2.22. The molecule has 0 aliphatic carbocycles. The van der Waals surface area contributed by atoms with Crippen LogP contribution < -0.4 is 14.4 Å². The van der Waals surface area contributed by atoms with Gasteiger partial charge < -0.3 is 14.4 Å². The topological polar surface area (TPSA) is 68.5 Å². The number of benzene rings is 2. The summed E-state index contributed by atoms with van der Waals surface area (Å²) in [5.74, 6) is 4.08. The molecule has 0 N–H and O–H groups in total. The van der Waals surface area contributed by atoms with Crippen LogP contribution in [0.5, 0.6) is 11.5 Å². The van der Waals surface area contributed by atoms with Crippen molar-refractivity contribution < 1.29 is 9.47 Å². The van der Waals surface area contributed by atoms with Gasteiger partial charge in [-0.2, -0.15) is 5.10 Å². The Morgan fingerprint density at radius 1 is 0.919 bits per heavy atom. The van der Waals surface area contributed by atoms with Crippen molar-refractivity contribution in [2.45, 2.75) is 33.2 Å². The molecule has 1 aliphatic rings. The van der Waals surface area contributed by atoms with Crippen LogP contribution >= 0.6 is 0 Å². The average molecular weight is 501 g/mol. The van der Waals surface area contributed by atoms with Crippen LogP contribution in [0, 0.1) is 5.92 Å². The number of aromatic nitrogens is 4. The maximum atomic E-state index is 5.62. The maximum absolute atomic E-state index is 5.62. The summed E-state index contributed by atoms with van der Waals surface area (Å²) in [6, 6.07) is 16.2. The molecule has 0 radical (unpaired) electrons. The molecule has 1 aliphatic heterocycles. The minimum absolute atomic E-state index is 0.468. The highest BCUT2D eigenvalue weighted by Crippen LogP contribution is 2.29. The largest absolute Gasteiger partial charge is 0.497 e. The molecule has 0 amide bonds.